The molecule has 6 heteroatoms. The number of non-ortho nitro benzene ring substituents is 1. The first kappa shape index (κ1) is 15.1. The second-order valence-electron chi connectivity index (χ2n) is 5.23. The van der Waals surface area contributed by atoms with Crippen LogP contribution < -0.4 is 5.32 Å². The van der Waals surface area contributed by atoms with Crippen molar-refractivity contribution < 1.29 is 4.92 Å². The number of hydrogen-bond donors (Lipinski definition) is 1. The summed E-state index contributed by atoms with van der Waals surface area (Å²) in [4.78, 5) is 12.8. The minimum Gasteiger partial charge on any atom is -0.381 e. The Hall–Kier alpha value is -1.33. The van der Waals surface area contributed by atoms with Crippen LogP contribution >= 0.6 is 11.6 Å². The van der Waals surface area contributed by atoms with Crippen LogP contribution in [0.4, 0.5) is 11.4 Å². The Morgan fingerprint density at radius 3 is 2.60 bits per heavy atom. The molecule has 0 bridgehead atoms. The predicted octanol–water partition coefficient (Wildman–Crippen LogP) is 3.45. The average Bonchev–Trinajstić information content (AvgIpc) is 2.43. The Balaban J connectivity index is 2.08. The molecule has 1 fully saturated rings. The summed E-state index contributed by atoms with van der Waals surface area (Å²) in [6, 6.07) is 3.36. The highest BCUT2D eigenvalue weighted by Gasteiger charge is 2.20. The molecule has 0 amide bonds. The van der Waals surface area contributed by atoms with E-state index < -0.39 is 4.92 Å². The van der Waals surface area contributed by atoms with Crippen LogP contribution in [0, 0.1) is 17.0 Å². The summed E-state index contributed by atoms with van der Waals surface area (Å²) in [5.41, 5.74) is 1.69. The highest BCUT2D eigenvalue weighted by Crippen LogP contribution is 2.32. The molecule has 1 aliphatic rings. The van der Waals surface area contributed by atoms with Gasteiger partial charge in [-0.1, -0.05) is 18.5 Å². The van der Waals surface area contributed by atoms with Crippen LogP contribution in [0.2, 0.25) is 5.02 Å². The maximum atomic E-state index is 10.8. The number of rotatable bonds is 4. The monoisotopic (exact) mass is 297 g/mol. The summed E-state index contributed by atoms with van der Waals surface area (Å²) in [5, 5.41) is 14.7. The van der Waals surface area contributed by atoms with E-state index in [1.54, 1.807) is 6.07 Å². The number of nitro groups is 1. The van der Waals surface area contributed by atoms with Crippen molar-refractivity contribution in [3.8, 4) is 0 Å². The first-order valence-corrected chi connectivity index (χ1v) is 7.32. The highest BCUT2D eigenvalue weighted by molar-refractivity contribution is 6.33. The van der Waals surface area contributed by atoms with E-state index in [0.717, 1.165) is 43.7 Å². The summed E-state index contributed by atoms with van der Waals surface area (Å²) in [6.07, 6.45) is 2.14. The molecule has 110 valence electrons. The Bertz CT molecular complexity index is 476. The number of nitrogens with zero attached hydrogens (tertiary/aromatic N) is 2. The topological polar surface area (TPSA) is 58.4 Å². The predicted molar refractivity (Wildman–Crippen MR) is 81.6 cm³/mol. The number of likely N-dealkylation sites (tertiary alicyclic amines) is 1. The van der Waals surface area contributed by atoms with E-state index in [1.807, 2.05) is 6.92 Å². The zero-order valence-corrected chi connectivity index (χ0v) is 12.6. The van der Waals surface area contributed by atoms with Crippen molar-refractivity contribution in [1.29, 1.82) is 0 Å². The van der Waals surface area contributed by atoms with Crippen molar-refractivity contribution >= 4 is 23.0 Å². The number of aryl methyl sites for hydroxylation is 1. The number of hydrogen-bond acceptors (Lipinski definition) is 4. The summed E-state index contributed by atoms with van der Waals surface area (Å²) >= 11 is 6.18. The van der Waals surface area contributed by atoms with Crippen molar-refractivity contribution in [2.75, 3.05) is 25.0 Å². The molecule has 0 saturated carbocycles. The van der Waals surface area contributed by atoms with Crippen molar-refractivity contribution in [2.24, 2.45) is 0 Å². The second kappa shape index (κ2) is 6.41. The molecule has 1 aromatic rings. The highest BCUT2D eigenvalue weighted by atomic mass is 35.5. The van der Waals surface area contributed by atoms with Gasteiger partial charge in [0, 0.05) is 31.3 Å². The first-order valence-electron chi connectivity index (χ1n) is 6.94. The third kappa shape index (κ3) is 3.41. The van der Waals surface area contributed by atoms with Gasteiger partial charge in [0.1, 0.15) is 0 Å². The molecule has 20 heavy (non-hydrogen) atoms. The van der Waals surface area contributed by atoms with Gasteiger partial charge in [-0.25, -0.2) is 0 Å². The Labute approximate surface area is 124 Å². The molecule has 5 nitrogen and oxygen atoms in total. The van der Waals surface area contributed by atoms with Gasteiger partial charge < -0.3 is 10.2 Å². The van der Waals surface area contributed by atoms with Crippen LogP contribution in [0.25, 0.3) is 0 Å². The van der Waals surface area contributed by atoms with Gasteiger partial charge >= 0.3 is 0 Å². The van der Waals surface area contributed by atoms with Crippen molar-refractivity contribution in [3.63, 3.8) is 0 Å². The molecule has 2 rings (SSSR count). The van der Waals surface area contributed by atoms with Crippen LogP contribution in [0.3, 0.4) is 0 Å². The summed E-state index contributed by atoms with van der Waals surface area (Å²) in [7, 11) is 0. The maximum Gasteiger partial charge on any atom is 0.271 e. The molecule has 0 aliphatic carbocycles. The SMILES string of the molecule is CCN1CCC(Nc2c(C)cc([N+](=O)[O-])cc2Cl)CC1. The van der Waals surface area contributed by atoms with E-state index in [2.05, 4.69) is 17.1 Å². The lowest BCUT2D eigenvalue weighted by Gasteiger charge is -2.32. The number of anilines is 1. The zero-order chi connectivity index (χ0) is 14.7. The van der Waals surface area contributed by atoms with Crippen LogP contribution in [0.5, 0.6) is 0 Å². The molecule has 1 heterocycles. The van der Waals surface area contributed by atoms with Gasteiger partial charge in [0.25, 0.3) is 5.69 Å². The molecule has 0 unspecified atom stereocenters. The molecule has 1 aromatic carbocycles. The second-order valence-corrected chi connectivity index (χ2v) is 5.64. The number of piperidine rings is 1. The van der Waals surface area contributed by atoms with Gasteiger partial charge in [-0.15, -0.1) is 0 Å². The van der Waals surface area contributed by atoms with Gasteiger partial charge in [-0.2, -0.15) is 0 Å². The lowest BCUT2D eigenvalue weighted by molar-refractivity contribution is -0.384. The first-order chi connectivity index (χ1) is 9.51. The molecule has 0 spiro atoms. The van der Waals surface area contributed by atoms with E-state index in [9.17, 15) is 10.1 Å². The maximum absolute atomic E-state index is 10.8. The quantitative estimate of drug-likeness (QED) is 0.683. The fourth-order valence-electron chi connectivity index (χ4n) is 2.61. The summed E-state index contributed by atoms with van der Waals surface area (Å²) in [6.45, 7) is 7.27. The minimum atomic E-state index is -0.414. The van der Waals surface area contributed by atoms with Crippen molar-refractivity contribution in [3.05, 3.63) is 32.8 Å². The van der Waals surface area contributed by atoms with E-state index in [0.29, 0.717) is 11.1 Å². The van der Waals surface area contributed by atoms with Crippen molar-refractivity contribution in [2.45, 2.75) is 32.7 Å². The largest absolute Gasteiger partial charge is 0.381 e. The van der Waals surface area contributed by atoms with Crippen LogP contribution in [-0.2, 0) is 0 Å². The Morgan fingerprint density at radius 1 is 1.45 bits per heavy atom. The normalized spacial score (nSPS) is 17.1. The number of nitro benzene ring substituents is 1. The van der Waals surface area contributed by atoms with Crippen LogP contribution in [0.1, 0.15) is 25.3 Å². The summed E-state index contributed by atoms with van der Waals surface area (Å²) in [5.74, 6) is 0. The molecule has 1 N–H and O–H groups in total. The average molecular weight is 298 g/mol. The lowest BCUT2D eigenvalue weighted by atomic mass is 10.0. The molecule has 0 atom stereocenters. The van der Waals surface area contributed by atoms with Gasteiger partial charge in [0.05, 0.1) is 15.6 Å². The van der Waals surface area contributed by atoms with E-state index >= 15 is 0 Å². The van der Waals surface area contributed by atoms with Crippen molar-refractivity contribution in [1.82, 2.24) is 4.90 Å². The Morgan fingerprint density at radius 2 is 2.10 bits per heavy atom. The number of nitrogens with one attached hydrogen (secondary N) is 1. The van der Waals surface area contributed by atoms with Gasteiger partial charge in [0.2, 0.25) is 0 Å². The third-order valence-electron chi connectivity index (χ3n) is 3.87. The minimum absolute atomic E-state index is 0.0406. The smallest absolute Gasteiger partial charge is 0.271 e. The fraction of sp³-hybridized carbons (Fsp3) is 0.571. The molecule has 1 aliphatic heterocycles. The standard InChI is InChI=1S/C14H20ClN3O2/c1-3-17-6-4-11(5-7-17)16-14-10(2)8-12(18(19)20)9-13(14)15/h8-9,11,16H,3-7H2,1-2H3. The Kier molecular flexibility index (Phi) is 4.83. The number of benzene rings is 1. The van der Waals surface area contributed by atoms with E-state index in [1.165, 1.54) is 6.07 Å². The van der Waals surface area contributed by atoms with Gasteiger partial charge in [-0.05, 0) is 31.9 Å². The lowest BCUT2D eigenvalue weighted by Crippen LogP contribution is -2.39. The number of halogens is 1. The molecular formula is C14H20ClN3O2. The molecule has 0 aromatic heterocycles. The molecule has 0 radical (unpaired) electrons. The summed E-state index contributed by atoms with van der Waals surface area (Å²) < 4.78 is 0. The van der Waals surface area contributed by atoms with Crippen LogP contribution in [0.15, 0.2) is 12.1 Å². The van der Waals surface area contributed by atoms with Gasteiger partial charge in [-0.3, -0.25) is 10.1 Å². The van der Waals surface area contributed by atoms with Gasteiger partial charge in [0.15, 0.2) is 0 Å². The zero-order valence-electron chi connectivity index (χ0n) is 11.9. The third-order valence-corrected chi connectivity index (χ3v) is 4.16. The van der Waals surface area contributed by atoms with E-state index in [-0.39, 0.29) is 5.69 Å². The molecule has 1 saturated heterocycles. The molecular weight excluding hydrogens is 278 g/mol. The van der Waals surface area contributed by atoms with Crippen LogP contribution in [-0.4, -0.2) is 35.5 Å². The van der Waals surface area contributed by atoms with E-state index in [4.69, 9.17) is 11.6 Å². The fourth-order valence-corrected chi connectivity index (χ4v) is 2.93.